The van der Waals surface area contributed by atoms with Gasteiger partial charge in [0.05, 0.1) is 48.4 Å². The number of rotatable bonds is 13. The van der Waals surface area contributed by atoms with E-state index in [4.69, 9.17) is 13.9 Å². The van der Waals surface area contributed by atoms with E-state index in [2.05, 4.69) is 117 Å². The molecule has 0 radical (unpaired) electrons. The highest BCUT2D eigenvalue weighted by atomic mass is 127. The molecule has 3 heterocycles. The van der Waals surface area contributed by atoms with Gasteiger partial charge in [0.25, 0.3) is 8.32 Å². The summed E-state index contributed by atoms with van der Waals surface area (Å²) in [6, 6.07) is 29.1. The lowest BCUT2D eigenvalue weighted by Gasteiger charge is -2.44. The Labute approximate surface area is 343 Å². The van der Waals surface area contributed by atoms with E-state index in [1.165, 1.54) is 20.8 Å². The number of carbonyl (C=O) groups excluding carboxylic acids is 2. The van der Waals surface area contributed by atoms with Gasteiger partial charge in [-0.05, 0) is 104 Å². The summed E-state index contributed by atoms with van der Waals surface area (Å²) in [5.41, 5.74) is 4.50. The Morgan fingerprint density at radius 3 is 2.29 bits per heavy atom. The molecule has 2 fully saturated rings. The van der Waals surface area contributed by atoms with Gasteiger partial charge in [-0.2, -0.15) is 0 Å². The molecule has 1 N–H and O–H groups in total. The van der Waals surface area contributed by atoms with E-state index in [-0.39, 0.29) is 34.6 Å². The van der Waals surface area contributed by atoms with Crippen molar-refractivity contribution < 1.29 is 28.6 Å². The number of phenolic OH excluding ortho intramolecular Hbond substituents is 1. The quantitative estimate of drug-likeness (QED) is 0.0626. The molecule has 2 aliphatic heterocycles. The fourth-order valence-electron chi connectivity index (χ4n) is 9.08. The third-order valence-corrected chi connectivity index (χ3v) is 18.4. The molecule has 7 rings (SSSR count). The van der Waals surface area contributed by atoms with Gasteiger partial charge in [0, 0.05) is 10.8 Å². The average Bonchev–Trinajstić information content (AvgIpc) is 3.91. The summed E-state index contributed by atoms with van der Waals surface area (Å²) in [5.74, 6) is -0.601. The Bertz CT molecular complexity index is 2040. The first kappa shape index (κ1) is 39.7. The van der Waals surface area contributed by atoms with Crippen LogP contribution in [-0.2, 0) is 25.3 Å². The minimum Gasteiger partial charge on any atom is -0.504 e. The van der Waals surface area contributed by atoms with Gasteiger partial charge in [-0.15, -0.1) is 11.3 Å². The van der Waals surface area contributed by atoms with Gasteiger partial charge in [0.15, 0.2) is 11.5 Å². The van der Waals surface area contributed by atoms with Crippen LogP contribution in [0.15, 0.2) is 107 Å². The number of ether oxygens (including phenoxy) is 2. The van der Waals surface area contributed by atoms with Crippen molar-refractivity contribution in [1.82, 2.24) is 4.90 Å². The summed E-state index contributed by atoms with van der Waals surface area (Å²) < 4.78 is 20.4. The molecule has 1 aromatic heterocycles. The minimum atomic E-state index is -2.90. The second-order valence-corrected chi connectivity index (χ2v) is 22.4. The lowest BCUT2D eigenvalue weighted by molar-refractivity contribution is -0.140. The smallest absolute Gasteiger partial charge is 0.261 e. The van der Waals surface area contributed by atoms with Gasteiger partial charge >= 0.3 is 0 Å². The molecule has 2 amide bonds. The lowest BCUT2D eigenvalue weighted by atomic mass is 9.69. The van der Waals surface area contributed by atoms with Gasteiger partial charge in [0.1, 0.15) is 0 Å². The van der Waals surface area contributed by atoms with Crippen LogP contribution < -0.4 is 15.1 Å². The number of allylic oxidation sites excluding steroid dienone is 1. The van der Waals surface area contributed by atoms with Crippen LogP contribution in [0.25, 0.3) is 6.08 Å². The lowest BCUT2D eigenvalue weighted by Crippen LogP contribution is -2.66. The zero-order valence-corrected chi connectivity index (χ0v) is 36.2. The summed E-state index contributed by atoms with van der Waals surface area (Å²) in [7, 11) is -1.33. The first-order chi connectivity index (χ1) is 26.5. The summed E-state index contributed by atoms with van der Waals surface area (Å²) in [6.07, 6.45) is 4.87. The number of imide groups is 1. The molecule has 7 nitrogen and oxygen atoms in total. The number of hydrogen-bond donors (Lipinski definition) is 1. The van der Waals surface area contributed by atoms with Gasteiger partial charge in [-0.25, -0.2) is 0 Å². The number of hydrogen-bond acceptors (Lipinski definition) is 7. The Morgan fingerprint density at radius 2 is 1.69 bits per heavy atom. The molecule has 3 aromatic carbocycles. The predicted molar refractivity (Wildman–Crippen MR) is 230 cm³/mol. The highest BCUT2D eigenvalue weighted by molar-refractivity contribution is 14.1. The first-order valence-electron chi connectivity index (χ1n) is 19.2. The largest absolute Gasteiger partial charge is 0.504 e. The van der Waals surface area contributed by atoms with Gasteiger partial charge in [-0.3, -0.25) is 14.5 Å². The fourth-order valence-corrected chi connectivity index (χ4v) is 14.9. The molecule has 0 unspecified atom stereocenters. The van der Waals surface area contributed by atoms with Crippen LogP contribution in [0.3, 0.4) is 0 Å². The van der Waals surface area contributed by atoms with E-state index in [1.54, 1.807) is 18.4 Å². The van der Waals surface area contributed by atoms with Crippen LogP contribution in [0.2, 0.25) is 5.04 Å². The van der Waals surface area contributed by atoms with Gasteiger partial charge in [-0.1, -0.05) is 106 Å². The van der Waals surface area contributed by atoms with E-state index < -0.39 is 20.2 Å². The number of phenols is 1. The number of carbonyl (C=O) groups is 2. The molecule has 288 valence electrons. The molecule has 3 aliphatic rings. The Morgan fingerprint density at radius 1 is 1.00 bits per heavy atom. The summed E-state index contributed by atoms with van der Waals surface area (Å²) in [4.78, 5) is 30.9. The second-order valence-electron chi connectivity index (χ2n) is 15.9. The maximum Gasteiger partial charge on any atom is 0.261 e. The molecular weight excluding hydrogens is 838 g/mol. The van der Waals surface area contributed by atoms with E-state index in [1.807, 2.05) is 29.6 Å². The number of likely N-dealkylation sites (tertiary alicyclic amines) is 1. The van der Waals surface area contributed by atoms with E-state index >= 15 is 0 Å². The molecule has 55 heavy (non-hydrogen) atoms. The summed E-state index contributed by atoms with van der Waals surface area (Å²) in [5, 5.41) is 14.6. The van der Waals surface area contributed by atoms with Crippen LogP contribution >= 0.6 is 33.9 Å². The zero-order chi connectivity index (χ0) is 38.9. The number of aromatic hydroxyl groups is 1. The molecule has 0 bridgehead atoms. The minimum absolute atomic E-state index is 0.0767. The monoisotopic (exact) mass is 887 g/mol. The number of fused-ring (bicyclic) bond motifs is 3. The van der Waals surface area contributed by atoms with Crippen molar-refractivity contribution in [2.24, 2.45) is 17.8 Å². The molecule has 4 atom stereocenters. The van der Waals surface area contributed by atoms with Crippen LogP contribution in [0.5, 0.6) is 11.5 Å². The molecule has 2 saturated heterocycles. The number of halogens is 1. The summed E-state index contributed by atoms with van der Waals surface area (Å²) >= 11 is 3.70. The van der Waals surface area contributed by atoms with Crippen molar-refractivity contribution in [2.45, 2.75) is 71.1 Å². The van der Waals surface area contributed by atoms with Crippen LogP contribution in [0, 0.1) is 21.3 Å². The highest BCUT2D eigenvalue weighted by Crippen LogP contribution is 2.51. The van der Waals surface area contributed by atoms with E-state index in [0.717, 1.165) is 44.4 Å². The van der Waals surface area contributed by atoms with Crippen molar-refractivity contribution in [2.75, 3.05) is 20.3 Å². The van der Waals surface area contributed by atoms with Crippen molar-refractivity contribution in [3.8, 4) is 11.5 Å². The van der Waals surface area contributed by atoms with E-state index in [0.29, 0.717) is 31.9 Å². The van der Waals surface area contributed by atoms with Crippen molar-refractivity contribution >= 4 is 70.5 Å². The van der Waals surface area contributed by atoms with Crippen LogP contribution in [0.1, 0.15) is 63.8 Å². The van der Waals surface area contributed by atoms with Crippen molar-refractivity contribution in [3.63, 3.8) is 0 Å². The topological polar surface area (TPSA) is 85.3 Å². The Kier molecular flexibility index (Phi) is 11.9. The third kappa shape index (κ3) is 7.65. The molecule has 10 heteroatoms. The number of nitrogens with zero attached hydrogens (tertiary/aromatic N) is 1. The molecule has 1 aliphatic carbocycles. The van der Waals surface area contributed by atoms with Gasteiger partial charge in [0.2, 0.25) is 11.8 Å². The zero-order valence-electron chi connectivity index (χ0n) is 32.2. The standard InChI is InChI=1S/C45H50INO6SSi/c1-6-29(22-30-23-37(46)42(48)39(24-30)51-5)19-20-38-40-31(25-35-41(36(40)28-52-38)44(50)47(43(35)49)26-32-14-13-21-54-32)27-53-55(45(2,3)4,33-15-9-7-10-16-33)34-17-11-8-12-18-34/h7-18,21-24,35-36,38,41,48H,6,19-20,25-28H2,1-5H3/b29-22+/t35-,36+,38-,41-/m1/s1. The predicted octanol–water partition coefficient (Wildman–Crippen LogP) is 8.73. The third-order valence-electron chi connectivity index (χ3n) is 11.7. The molecule has 4 aromatic rings. The fraction of sp³-hybridized carbons (Fsp3) is 0.378. The maximum atomic E-state index is 14.2. The van der Waals surface area contributed by atoms with Crippen molar-refractivity contribution in [1.29, 1.82) is 0 Å². The second kappa shape index (κ2) is 16.5. The SMILES string of the molecule is CC/C(=C\c1cc(I)c(O)c(OC)c1)CC[C@H]1OC[C@H]2C1=C(CO[Si](c1ccccc1)(c1ccccc1)C(C)(C)C)C[C@H]1C(=O)N(Cc3cccs3)C(=O)[C@H]12. The Hall–Kier alpha value is -3.55. The number of amides is 2. The summed E-state index contributed by atoms with van der Waals surface area (Å²) in [6.45, 7) is 10.1. The van der Waals surface area contributed by atoms with Crippen LogP contribution in [-0.4, -0.2) is 56.6 Å². The van der Waals surface area contributed by atoms with E-state index in [9.17, 15) is 14.7 Å². The highest BCUT2D eigenvalue weighted by Gasteiger charge is 2.58. The molecule has 0 saturated carbocycles. The Balaban J connectivity index is 1.25. The number of benzene rings is 3. The number of thiophene rings is 1. The van der Waals surface area contributed by atoms with Gasteiger partial charge < -0.3 is 19.0 Å². The van der Waals surface area contributed by atoms with Crippen molar-refractivity contribution in [3.05, 3.63) is 121 Å². The number of methoxy groups -OCH3 is 1. The maximum absolute atomic E-state index is 14.2. The molecule has 0 spiro atoms. The normalized spacial score (nSPS) is 21.6. The first-order valence-corrected chi connectivity index (χ1v) is 23.1. The molecular formula is C45H50INO6SSi. The average molecular weight is 888 g/mol. The van der Waals surface area contributed by atoms with Crippen LogP contribution in [0.4, 0.5) is 0 Å².